The number of carbonyl (C=O) groups excluding carboxylic acids is 1. The molecule has 0 unspecified atom stereocenters. The van der Waals surface area contributed by atoms with E-state index in [1.165, 1.54) is 29.0 Å². The lowest BCUT2D eigenvalue weighted by Gasteiger charge is -2.21. The lowest BCUT2D eigenvalue weighted by atomic mass is 10.1. The summed E-state index contributed by atoms with van der Waals surface area (Å²) in [7, 11) is 1.10. The summed E-state index contributed by atoms with van der Waals surface area (Å²) in [6.07, 6.45) is -2.30. The number of hydrogen-bond donors (Lipinski definition) is 1. The van der Waals surface area contributed by atoms with Crippen LogP contribution in [0.3, 0.4) is 0 Å². The smallest absolute Gasteiger partial charge is 0.418 e. The molecule has 10 heteroatoms. The van der Waals surface area contributed by atoms with Gasteiger partial charge in [-0.1, -0.05) is 12.1 Å². The summed E-state index contributed by atoms with van der Waals surface area (Å²) in [4.78, 5) is 24.7. The molecular formula is C22H15F4N3O3. The monoisotopic (exact) mass is 445 g/mol. The van der Waals surface area contributed by atoms with Gasteiger partial charge in [0.25, 0.3) is 5.91 Å². The van der Waals surface area contributed by atoms with Crippen molar-refractivity contribution in [1.82, 2.24) is 4.57 Å². The van der Waals surface area contributed by atoms with Gasteiger partial charge in [0.05, 0.1) is 11.3 Å². The van der Waals surface area contributed by atoms with E-state index in [-0.39, 0.29) is 10.9 Å². The van der Waals surface area contributed by atoms with Gasteiger partial charge in [-0.3, -0.25) is 9.59 Å². The quantitative estimate of drug-likeness (QED) is 0.357. The van der Waals surface area contributed by atoms with Gasteiger partial charge in [-0.2, -0.15) is 18.4 Å². The van der Waals surface area contributed by atoms with E-state index in [4.69, 9.17) is 5.11 Å². The zero-order valence-corrected chi connectivity index (χ0v) is 16.5. The van der Waals surface area contributed by atoms with E-state index in [9.17, 15) is 32.4 Å². The Hall–Kier alpha value is -4.13. The number of halogens is 4. The molecule has 1 heterocycles. The van der Waals surface area contributed by atoms with Gasteiger partial charge in [0, 0.05) is 29.7 Å². The second-order valence-electron chi connectivity index (χ2n) is 6.82. The first-order valence-electron chi connectivity index (χ1n) is 9.09. The van der Waals surface area contributed by atoms with Gasteiger partial charge in [-0.15, -0.1) is 0 Å². The highest BCUT2D eigenvalue weighted by Gasteiger charge is 2.35. The van der Waals surface area contributed by atoms with Gasteiger partial charge in [0.2, 0.25) is 0 Å². The van der Waals surface area contributed by atoms with Gasteiger partial charge in [0.15, 0.2) is 0 Å². The number of carboxylic acid groups (broad SMARTS) is 1. The van der Waals surface area contributed by atoms with Gasteiger partial charge in [-0.05, 0) is 36.4 Å². The largest absolute Gasteiger partial charge is 0.480 e. The van der Waals surface area contributed by atoms with Crippen LogP contribution in [-0.2, 0) is 22.3 Å². The molecule has 0 radical (unpaired) electrons. The molecule has 0 spiro atoms. The molecule has 0 bridgehead atoms. The Balaban J connectivity index is 2.08. The molecule has 0 saturated carbocycles. The predicted octanol–water partition coefficient (Wildman–Crippen LogP) is 4.45. The Morgan fingerprint density at radius 2 is 1.91 bits per heavy atom. The molecule has 0 fully saturated rings. The Morgan fingerprint density at radius 3 is 2.53 bits per heavy atom. The van der Waals surface area contributed by atoms with Gasteiger partial charge < -0.3 is 14.6 Å². The number of para-hydroxylation sites is 1. The lowest BCUT2D eigenvalue weighted by molar-refractivity contribution is -0.138. The molecule has 0 aliphatic rings. The highest BCUT2D eigenvalue weighted by Crippen LogP contribution is 2.36. The fraction of sp³-hybridized carbons (Fsp3) is 0.136. The summed E-state index contributed by atoms with van der Waals surface area (Å²) in [6.45, 7) is -0.454. The van der Waals surface area contributed by atoms with E-state index in [1.807, 2.05) is 0 Å². The molecule has 0 aliphatic carbocycles. The summed E-state index contributed by atoms with van der Waals surface area (Å²) < 4.78 is 55.0. The number of benzene rings is 2. The van der Waals surface area contributed by atoms with Crippen molar-refractivity contribution in [3.63, 3.8) is 0 Å². The van der Waals surface area contributed by atoms with Crippen LogP contribution in [0.5, 0.6) is 0 Å². The molecule has 0 saturated heterocycles. The molecule has 1 N–H and O–H groups in total. The molecule has 0 aliphatic heterocycles. The molecule has 32 heavy (non-hydrogen) atoms. The highest BCUT2D eigenvalue weighted by molar-refractivity contribution is 6.12. The molecular weight excluding hydrogens is 430 g/mol. The fourth-order valence-corrected chi connectivity index (χ4v) is 3.28. The van der Waals surface area contributed by atoms with Crippen LogP contribution in [0.25, 0.3) is 17.0 Å². The fourth-order valence-electron chi connectivity index (χ4n) is 3.28. The van der Waals surface area contributed by atoms with Crippen molar-refractivity contribution in [2.75, 3.05) is 11.9 Å². The number of nitrogens with zero attached hydrogens (tertiary/aromatic N) is 3. The summed E-state index contributed by atoms with van der Waals surface area (Å²) in [5.74, 6) is -2.80. The normalized spacial score (nSPS) is 11.9. The molecule has 3 rings (SSSR count). The average Bonchev–Trinajstić information content (AvgIpc) is 3.05. The van der Waals surface area contributed by atoms with Crippen molar-refractivity contribution in [2.24, 2.45) is 0 Å². The minimum atomic E-state index is -4.72. The number of rotatable bonds is 5. The minimum Gasteiger partial charge on any atom is -0.480 e. The number of carbonyl (C=O) groups is 2. The third-order valence-corrected chi connectivity index (χ3v) is 4.71. The number of likely N-dealkylation sites (N-methyl/N-ethyl adjacent to an activating group) is 1. The zero-order valence-electron chi connectivity index (χ0n) is 16.5. The number of anilines is 1. The standard InChI is InChI=1S/C22H15F4N3O3/c1-28(19-5-3-2-4-17(19)22(24,25)26)21(32)13(10-27)8-14-11-29(12-20(30)31)18-7-6-15(23)9-16(14)18/h2-9,11H,12H2,1H3,(H,30,31)/b13-8+. The SMILES string of the molecule is CN(C(=O)/C(C#N)=C/c1cn(CC(=O)O)c2ccc(F)cc12)c1ccccc1C(F)(F)F. The van der Waals surface area contributed by atoms with E-state index >= 15 is 0 Å². The van der Waals surface area contributed by atoms with Crippen LogP contribution < -0.4 is 4.90 Å². The van der Waals surface area contributed by atoms with Gasteiger partial charge in [-0.25, -0.2) is 4.39 Å². The summed E-state index contributed by atoms with van der Waals surface area (Å²) >= 11 is 0. The van der Waals surface area contributed by atoms with Crippen LogP contribution >= 0.6 is 0 Å². The van der Waals surface area contributed by atoms with E-state index < -0.39 is 47.2 Å². The van der Waals surface area contributed by atoms with E-state index in [0.29, 0.717) is 10.4 Å². The second kappa shape index (κ2) is 8.55. The van der Waals surface area contributed by atoms with Crippen molar-refractivity contribution in [2.45, 2.75) is 12.7 Å². The minimum absolute atomic E-state index is 0.170. The van der Waals surface area contributed by atoms with Crippen LogP contribution in [-0.4, -0.2) is 28.6 Å². The summed E-state index contributed by atoms with van der Waals surface area (Å²) in [5, 5.41) is 18.8. The first-order chi connectivity index (χ1) is 15.0. The summed E-state index contributed by atoms with van der Waals surface area (Å²) in [6, 6.07) is 9.68. The third-order valence-electron chi connectivity index (χ3n) is 4.71. The molecule has 1 aromatic heterocycles. The topological polar surface area (TPSA) is 86.3 Å². The van der Waals surface area contributed by atoms with Crippen molar-refractivity contribution in [1.29, 1.82) is 5.26 Å². The maximum atomic E-state index is 13.8. The van der Waals surface area contributed by atoms with Crippen molar-refractivity contribution < 1.29 is 32.3 Å². The number of amides is 1. The van der Waals surface area contributed by atoms with E-state index in [1.54, 1.807) is 6.07 Å². The maximum Gasteiger partial charge on any atom is 0.418 e. The van der Waals surface area contributed by atoms with Gasteiger partial charge in [0.1, 0.15) is 24.0 Å². The predicted molar refractivity (Wildman–Crippen MR) is 108 cm³/mol. The molecule has 3 aromatic rings. The number of fused-ring (bicyclic) bond motifs is 1. The molecule has 2 aromatic carbocycles. The zero-order chi connectivity index (χ0) is 23.6. The molecule has 164 valence electrons. The van der Waals surface area contributed by atoms with Crippen LogP contribution in [0.15, 0.2) is 54.2 Å². The van der Waals surface area contributed by atoms with Crippen LogP contribution in [0.1, 0.15) is 11.1 Å². The van der Waals surface area contributed by atoms with Crippen molar-refractivity contribution in [3.05, 3.63) is 71.2 Å². The molecule has 1 amide bonds. The van der Waals surface area contributed by atoms with Crippen LogP contribution in [0.2, 0.25) is 0 Å². The number of nitriles is 1. The van der Waals surface area contributed by atoms with E-state index in [2.05, 4.69) is 0 Å². The van der Waals surface area contributed by atoms with Crippen LogP contribution in [0, 0.1) is 17.1 Å². The first-order valence-corrected chi connectivity index (χ1v) is 9.09. The Morgan fingerprint density at radius 1 is 1.22 bits per heavy atom. The van der Waals surface area contributed by atoms with Crippen LogP contribution in [0.4, 0.5) is 23.2 Å². The second-order valence-corrected chi connectivity index (χ2v) is 6.82. The number of aliphatic carboxylic acids is 1. The number of aromatic nitrogens is 1. The first kappa shape index (κ1) is 22.6. The maximum absolute atomic E-state index is 13.8. The lowest BCUT2D eigenvalue weighted by Crippen LogP contribution is -2.29. The molecule has 0 atom stereocenters. The van der Waals surface area contributed by atoms with Crippen molar-refractivity contribution in [3.8, 4) is 6.07 Å². The molecule has 6 nitrogen and oxygen atoms in total. The number of alkyl halides is 3. The van der Waals surface area contributed by atoms with Crippen molar-refractivity contribution >= 4 is 34.5 Å². The number of carboxylic acids is 1. The third kappa shape index (κ3) is 4.46. The number of hydrogen-bond acceptors (Lipinski definition) is 3. The average molecular weight is 445 g/mol. The Kier molecular flexibility index (Phi) is 6.02. The Bertz CT molecular complexity index is 1290. The highest BCUT2D eigenvalue weighted by atomic mass is 19.4. The Labute approximate surface area is 179 Å². The van der Waals surface area contributed by atoms with Gasteiger partial charge >= 0.3 is 12.1 Å². The van der Waals surface area contributed by atoms with E-state index in [0.717, 1.165) is 37.4 Å². The summed E-state index contributed by atoms with van der Waals surface area (Å²) in [5.41, 5.74) is -1.48.